The van der Waals surface area contributed by atoms with Gasteiger partial charge in [0.2, 0.25) is 0 Å². The minimum atomic E-state index is -1.01. The number of ether oxygens (including phenoxy) is 2. The summed E-state index contributed by atoms with van der Waals surface area (Å²) in [6.45, 7) is 1.13. The molecule has 5 nitrogen and oxygen atoms in total. The van der Waals surface area contributed by atoms with Crippen molar-refractivity contribution in [3.63, 3.8) is 0 Å². The van der Waals surface area contributed by atoms with Gasteiger partial charge in [0, 0.05) is 27.4 Å². The lowest BCUT2D eigenvalue weighted by Gasteiger charge is -2.38. The second-order valence-electron chi connectivity index (χ2n) is 8.94. The van der Waals surface area contributed by atoms with Crippen molar-refractivity contribution in [3.05, 3.63) is 111 Å². The first kappa shape index (κ1) is 25.4. The first-order valence-electron chi connectivity index (χ1n) is 12.1. The summed E-state index contributed by atoms with van der Waals surface area (Å²) in [7, 11) is 0. The predicted molar refractivity (Wildman–Crippen MR) is 147 cm³/mol. The average molecular weight is 534 g/mol. The standard InChI is InChI=1S/C30H25Cl2NO4/c31-24-9-6-21(27(18-24)29(34)35)13-14-30(36-15-2-16-37-30)23-4-1-3-20(17-23)5-11-26-12-8-22-7-10-25(32)19-28(22)33-26/h1,3-12,17-19H,2,13-16H2,(H,34,35)/b11-5+. The SMILES string of the molecule is O=C(O)c1cc(Cl)ccc1CCC1(c2cccc(/C=C/c3ccc4ccc(Cl)cc4n3)c2)OCCCO1. The lowest BCUT2D eigenvalue weighted by molar-refractivity contribution is -0.279. The fourth-order valence-corrected chi connectivity index (χ4v) is 4.89. The molecule has 2 heterocycles. The van der Waals surface area contributed by atoms with E-state index >= 15 is 0 Å². The molecule has 0 radical (unpaired) electrons. The summed E-state index contributed by atoms with van der Waals surface area (Å²) >= 11 is 12.2. The largest absolute Gasteiger partial charge is 0.478 e. The average Bonchev–Trinajstić information content (AvgIpc) is 2.91. The third-order valence-corrected chi connectivity index (χ3v) is 6.90. The van der Waals surface area contributed by atoms with Gasteiger partial charge in [0.1, 0.15) is 0 Å². The van der Waals surface area contributed by atoms with Crippen molar-refractivity contribution in [2.45, 2.75) is 25.0 Å². The molecule has 1 aliphatic heterocycles. The molecule has 4 aromatic rings. The quantitative estimate of drug-likeness (QED) is 0.264. The van der Waals surface area contributed by atoms with Gasteiger partial charge in [-0.3, -0.25) is 0 Å². The highest BCUT2D eigenvalue weighted by Gasteiger charge is 2.37. The zero-order valence-electron chi connectivity index (χ0n) is 20.0. The van der Waals surface area contributed by atoms with Gasteiger partial charge >= 0.3 is 5.97 Å². The molecule has 1 aromatic heterocycles. The highest BCUT2D eigenvalue weighted by atomic mass is 35.5. The van der Waals surface area contributed by atoms with Gasteiger partial charge in [-0.2, -0.15) is 0 Å². The summed E-state index contributed by atoms with van der Waals surface area (Å²) in [5, 5.41) is 11.7. The van der Waals surface area contributed by atoms with E-state index in [9.17, 15) is 9.90 Å². The zero-order chi connectivity index (χ0) is 25.8. The van der Waals surface area contributed by atoms with E-state index in [-0.39, 0.29) is 5.56 Å². The maximum absolute atomic E-state index is 11.8. The molecule has 0 unspecified atom stereocenters. The molecule has 1 N–H and O–H groups in total. The number of fused-ring (bicyclic) bond motifs is 1. The summed E-state index contributed by atoms with van der Waals surface area (Å²) in [5.74, 6) is -1.97. The van der Waals surface area contributed by atoms with Crippen LogP contribution in [-0.2, 0) is 21.7 Å². The minimum Gasteiger partial charge on any atom is -0.478 e. The van der Waals surface area contributed by atoms with Crippen LogP contribution in [-0.4, -0.2) is 29.3 Å². The summed E-state index contributed by atoms with van der Waals surface area (Å²) in [6, 6.07) is 22.6. The van der Waals surface area contributed by atoms with Crippen LogP contribution in [0.15, 0.2) is 72.8 Å². The number of hydrogen-bond acceptors (Lipinski definition) is 4. The van der Waals surface area contributed by atoms with Gasteiger partial charge in [-0.1, -0.05) is 65.7 Å². The molecule has 0 amide bonds. The van der Waals surface area contributed by atoms with Gasteiger partial charge < -0.3 is 14.6 Å². The fourth-order valence-electron chi connectivity index (χ4n) is 4.55. The summed E-state index contributed by atoms with van der Waals surface area (Å²) < 4.78 is 12.5. The van der Waals surface area contributed by atoms with Gasteiger partial charge in [-0.15, -0.1) is 0 Å². The maximum atomic E-state index is 11.8. The molecule has 5 rings (SSSR count). The summed E-state index contributed by atoms with van der Waals surface area (Å²) in [4.78, 5) is 16.4. The first-order chi connectivity index (χ1) is 17.9. The van der Waals surface area contributed by atoms with E-state index in [2.05, 4.69) is 0 Å². The lowest BCUT2D eigenvalue weighted by atomic mass is 9.93. The van der Waals surface area contributed by atoms with Crippen LogP contribution in [0.2, 0.25) is 10.0 Å². The third-order valence-electron chi connectivity index (χ3n) is 6.43. The second-order valence-corrected chi connectivity index (χ2v) is 9.81. The van der Waals surface area contributed by atoms with Crippen LogP contribution in [0.4, 0.5) is 0 Å². The Balaban J connectivity index is 1.41. The Hall–Kier alpha value is -3.22. The third kappa shape index (κ3) is 5.86. The number of halogens is 2. The van der Waals surface area contributed by atoms with Crippen LogP contribution >= 0.6 is 23.2 Å². The lowest BCUT2D eigenvalue weighted by Crippen LogP contribution is -2.38. The Labute approximate surface area is 225 Å². The van der Waals surface area contributed by atoms with Crippen LogP contribution < -0.4 is 0 Å². The molecule has 1 saturated heterocycles. The molecule has 3 aromatic carbocycles. The monoisotopic (exact) mass is 533 g/mol. The summed E-state index contributed by atoms with van der Waals surface area (Å²) in [5.41, 5.74) is 4.41. The Morgan fingerprint density at radius 1 is 0.946 bits per heavy atom. The van der Waals surface area contributed by atoms with Gasteiger partial charge in [-0.25, -0.2) is 9.78 Å². The number of nitrogens with zero attached hydrogens (tertiary/aromatic N) is 1. The smallest absolute Gasteiger partial charge is 0.336 e. The molecular formula is C30H25Cl2NO4. The maximum Gasteiger partial charge on any atom is 0.336 e. The molecule has 0 bridgehead atoms. The molecule has 37 heavy (non-hydrogen) atoms. The Kier molecular flexibility index (Phi) is 7.58. The number of carbonyl (C=O) groups is 1. The first-order valence-corrected chi connectivity index (χ1v) is 12.8. The Morgan fingerprint density at radius 2 is 1.70 bits per heavy atom. The molecule has 7 heteroatoms. The van der Waals surface area contributed by atoms with Crippen LogP contribution in [0.1, 0.15) is 45.6 Å². The second kappa shape index (κ2) is 11.0. The van der Waals surface area contributed by atoms with Crippen molar-refractivity contribution in [1.29, 1.82) is 0 Å². The molecule has 188 valence electrons. The van der Waals surface area contributed by atoms with Gasteiger partial charge in [0.05, 0.1) is 30.0 Å². The van der Waals surface area contributed by atoms with Gasteiger partial charge in [-0.05, 0) is 66.4 Å². The van der Waals surface area contributed by atoms with Crippen LogP contribution in [0.3, 0.4) is 0 Å². The highest BCUT2D eigenvalue weighted by molar-refractivity contribution is 6.31. The Bertz CT molecular complexity index is 1480. The number of aryl methyl sites for hydroxylation is 1. The number of hydrogen-bond donors (Lipinski definition) is 1. The molecule has 0 aliphatic carbocycles. The predicted octanol–water partition coefficient (Wildman–Crippen LogP) is 7.63. The molecule has 0 spiro atoms. The number of benzene rings is 3. The summed E-state index contributed by atoms with van der Waals surface area (Å²) in [6.07, 6.45) is 5.69. The number of aromatic carboxylic acids is 1. The van der Waals surface area contributed by atoms with E-state index in [0.29, 0.717) is 41.7 Å². The topological polar surface area (TPSA) is 68.7 Å². The van der Waals surface area contributed by atoms with Crippen LogP contribution in [0, 0.1) is 0 Å². The van der Waals surface area contributed by atoms with Crippen molar-refractivity contribution >= 4 is 52.2 Å². The van der Waals surface area contributed by atoms with E-state index in [4.69, 9.17) is 37.7 Å². The van der Waals surface area contributed by atoms with Crippen molar-refractivity contribution in [2.24, 2.45) is 0 Å². The van der Waals surface area contributed by atoms with Gasteiger partial charge in [0.25, 0.3) is 0 Å². The number of aromatic nitrogens is 1. The molecular weight excluding hydrogens is 509 g/mol. The highest BCUT2D eigenvalue weighted by Crippen LogP contribution is 2.36. The van der Waals surface area contributed by atoms with Crippen molar-refractivity contribution in [3.8, 4) is 0 Å². The number of pyridine rings is 1. The van der Waals surface area contributed by atoms with Crippen molar-refractivity contribution < 1.29 is 19.4 Å². The van der Waals surface area contributed by atoms with E-state index in [1.165, 1.54) is 6.07 Å². The van der Waals surface area contributed by atoms with Crippen LogP contribution in [0.5, 0.6) is 0 Å². The van der Waals surface area contributed by atoms with Crippen molar-refractivity contribution in [2.75, 3.05) is 13.2 Å². The fraction of sp³-hybridized carbons (Fsp3) is 0.200. The van der Waals surface area contributed by atoms with Crippen LogP contribution in [0.25, 0.3) is 23.1 Å². The van der Waals surface area contributed by atoms with Gasteiger partial charge in [0.15, 0.2) is 5.79 Å². The Morgan fingerprint density at radius 3 is 2.51 bits per heavy atom. The molecule has 0 saturated carbocycles. The molecule has 1 fully saturated rings. The molecule has 1 aliphatic rings. The molecule has 0 atom stereocenters. The zero-order valence-corrected chi connectivity index (χ0v) is 21.5. The number of carboxylic acids is 1. The number of rotatable bonds is 7. The minimum absolute atomic E-state index is 0.194. The normalized spacial score (nSPS) is 15.3. The van der Waals surface area contributed by atoms with E-state index in [0.717, 1.165) is 34.1 Å². The number of carboxylic acid groups (broad SMARTS) is 1. The van der Waals surface area contributed by atoms with E-state index in [1.54, 1.807) is 12.1 Å². The van der Waals surface area contributed by atoms with E-state index < -0.39 is 11.8 Å². The van der Waals surface area contributed by atoms with Crippen molar-refractivity contribution in [1.82, 2.24) is 4.98 Å². The van der Waals surface area contributed by atoms with E-state index in [1.807, 2.05) is 66.7 Å².